The molecule has 0 bridgehead atoms. The summed E-state index contributed by atoms with van der Waals surface area (Å²) < 4.78 is 15.5. The highest BCUT2D eigenvalue weighted by molar-refractivity contribution is 5.82. The zero-order chi connectivity index (χ0) is 16.9. The Morgan fingerprint density at radius 3 is 2.09 bits per heavy atom. The smallest absolute Gasteiger partial charge is 0.410 e. The first-order chi connectivity index (χ1) is 10.2. The molecule has 1 heterocycles. The first-order valence-electron chi connectivity index (χ1n) is 7.55. The van der Waals surface area contributed by atoms with E-state index in [1.807, 2.05) is 0 Å². The molecule has 1 fully saturated rings. The van der Waals surface area contributed by atoms with Gasteiger partial charge in [-0.1, -0.05) is 0 Å². The van der Waals surface area contributed by atoms with E-state index in [1.165, 1.54) is 11.8 Å². The van der Waals surface area contributed by atoms with E-state index in [1.54, 1.807) is 27.7 Å². The lowest BCUT2D eigenvalue weighted by atomic mass is 10.0. The van der Waals surface area contributed by atoms with Gasteiger partial charge < -0.3 is 14.2 Å². The van der Waals surface area contributed by atoms with Crippen LogP contribution in [0, 0.1) is 0 Å². The van der Waals surface area contributed by atoms with Gasteiger partial charge in [-0.2, -0.15) is 0 Å². The van der Waals surface area contributed by atoms with Gasteiger partial charge in [0.25, 0.3) is 0 Å². The van der Waals surface area contributed by atoms with Crippen LogP contribution in [-0.4, -0.2) is 53.8 Å². The molecule has 0 spiro atoms. The lowest BCUT2D eigenvalue weighted by Crippen LogP contribution is -2.54. The van der Waals surface area contributed by atoms with Crippen LogP contribution in [0.2, 0.25) is 0 Å². The normalized spacial score (nSPS) is 21.7. The van der Waals surface area contributed by atoms with Gasteiger partial charge in [0.15, 0.2) is 0 Å². The minimum absolute atomic E-state index is 0.128. The fraction of sp³-hybridized carbons (Fsp3) is 0.800. The van der Waals surface area contributed by atoms with E-state index in [-0.39, 0.29) is 18.8 Å². The third-order valence-corrected chi connectivity index (χ3v) is 3.07. The number of likely N-dealkylation sites (tertiary alicyclic amines) is 1. The minimum atomic E-state index is -0.708. The lowest BCUT2D eigenvalue weighted by Gasteiger charge is -2.37. The molecule has 1 amide bonds. The van der Waals surface area contributed by atoms with Crippen molar-refractivity contribution in [3.8, 4) is 0 Å². The third-order valence-electron chi connectivity index (χ3n) is 3.07. The molecule has 1 saturated heterocycles. The van der Waals surface area contributed by atoms with Crippen LogP contribution in [0.4, 0.5) is 4.79 Å². The Balaban J connectivity index is 2.83. The molecule has 0 unspecified atom stereocenters. The van der Waals surface area contributed by atoms with Crippen molar-refractivity contribution < 1.29 is 28.6 Å². The topological polar surface area (TPSA) is 82.1 Å². The summed E-state index contributed by atoms with van der Waals surface area (Å²) in [6.45, 7) is 8.40. The molecule has 126 valence electrons. The van der Waals surface area contributed by atoms with Crippen molar-refractivity contribution in [2.45, 2.75) is 71.8 Å². The first kappa shape index (κ1) is 18.3. The monoisotopic (exact) mass is 315 g/mol. The standard InChI is InChI=1S/C15H25NO6/c1-9(2)20-14(18)13-7-6-12(22-11(5)17)8-16(13)15(19)21-10(3)4/h9-10,12-13H,6-8H2,1-5H3/t12-,13+/m1/s1. The van der Waals surface area contributed by atoms with Crippen LogP contribution < -0.4 is 0 Å². The van der Waals surface area contributed by atoms with E-state index in [0.29, 0.717) is 12.8 Å². The van der Waals surface area contributed by atoms with Gasteiger partial charge in [0, 0.05) is 6.92 Å². The highest BCUT2D eigenvalue weighted by Gasteiger charge is 2.39. The van der Waals surface area contributed by atoms with Crippen molar-refractivity contribution in [1.29, 1.82) is 0 Å². The summed E-state index contributed by atoms with van der Waals surface area (Å²) in [5.41, 5.74) is 0. The second-order valence-corrected chi connectivity index (χ2v) is 5.90. The number of piperidine rings is 1. The Labute approximate surface area is 130 Å². The highest BCUT2D eigenvalue weighted by Crippen LogP contribution is 2.22. The summed E-state index contributed by atoms with van der Waals surface area (Å²) in [6.07, 6.45) is -0.720. The zero-order valence-electron chi connectivity index (χ0n) is 13.8. The number of amides is 1. The largest absolute Gasteiger partial charge is 0.461 e. The van der Waals surface area contributed by atoms with Crippen molar-refractivity contribution in [2.24, 2.45) is 0 Å². The van der Waals surface area contributed by atoms with Crippen LogP contribution in [0.1, 0.15) is 47.5 Å². The number of ether oxygens (including phenoxy) is 3. The molecule has 0 saturated carbocycles. The number of carbonyl (C=O) groups excluding carboxylic acids is 3. The zero-order valence-corrected chi connectivity index (χ0v) is 13.8. The van der Waals surface area contributed by atoms with Crippen molar-refractivity contribution in [2.75, 3.05) is 6.54 Å². The number of hydrogen-bond donors (Lipinski definition) is 0. The quantitative estimate of drug-likeness (QED) is 0.582. The second kappa shape index (κ2) is 8.00. The molecular weight excluding hydrogens is 290 g/mol. The fourth-order valence-electron chi connectivity index (χ4n) is 2.30. The Morgan fingerprint density at radius 1 is 1.00 bits per heavy atom. The predicted molar refractivity (Wildman–Crippen MR) is 78.1 cm³/mol. The average molecular weight is 315 g/mol. The van der Waals surface area contributed by atoms with E-state index in [4.69, 9.17) is 14.2 Å². The Hall–Kier alpha value is -1.79. The second-order valence-electron chi connectivity index (χ2n) is 5.90. The molecule has 0 aromatic carbocycles. The van der Waals surface area contributed by atoms with Gasteiger partial charge in [0.2, 0.25) is 0 Å². The molecule has 0 aromatic rings. The summed E-state index contributed by atoms with van der Waals surface area (Å²) >= 11 is 0. The summed E-state index contributed by atoms with van der Waals surface area (Å²) in [7, 11) is 0. The van der Waals surface area contributed by atoms with E-state index in [2.05, 4.69) is 0 Å². The molecular formula is C15H25NO6. The van der Waals surface area contributed by atoms with E-state index in [0.717, 1.165) is 0 Å². The summed E-state index contributed by atoms with van der Waals surface area (Å²) in [4.78, 5) is 36.7. The van der Waals surface area contributed by atoms with Crippen LogP contribution in [0.3, 0.4) is 0 Å². The fourth-order valence-corrected chi connectivity index (χ4v) is 2.30. The summed E-state index contributed by atoms with van der Waals surface area (Å²) in [6, 6.07) is -0.708. The van der Waals surface area contributed by atoms with Gasteiger partial charge in [-0.15, -0.1) is 0 Å². The van der Waals surface area contributed by atoms with Gasteiger partial charge in [-0.05, 0) is 40.5 Å². The van der Waals surface area contributed by atoms with Crippen molar-refractivity contribution in [3.63, 3.8) is 0 Å². The van der Waals surface area contributed by atoms with Gasteiger partial charge in [-0.3, -0.25) is 9.69 Å². The summed E-state index contributed by atoms with van der Waals surface area (Å²) in [5.74, 6) is -0.873. The van der Waals surface area contributed by atoms with Crippen molar-refractivity contribution in [1.82, 2.24) is 4.90 Å². The molecule has 1 rings (SSSR count). The van der Waals surface area contributed by atoms with Crippen molar-refractivity contribution in [3.05, 3.63) is 0 Å². The Kier molecular flexibility index (Phi) is 6.64. The van der Waals surface area contributed by atoms with Gasteiger partial charge >= 0.3 is 18.0 Å². The van der Waals surface area contributed by atoms with E-state index >= 15 is 0 Å². The maximum atomic E-state index is 12.2. The highest BCUT2D eigenvalue weighted by atomic mass is 16.6. The molecule has 0 radical (unpaired) electrons. The number of hydrogen-bond acceptors (Lipinski definition) is 6. The minimum Gasteiger partial charge on any atom is -0.461 e. The maximum absolute atomic E-state index is 12.2. The number of nitrogens with zero attached hydrogens (tertiary/aromatic N) is 1. The van der Waals surface area contributed by atoms with Gasteiger partial charge in [0.1, 0.15) is 12.1 Å². The molecule has 1 aliphatic rings. The lowest BCUT2D eigenvalue weighted by molar-refractivity contribution is -0.159. The number of rotatable bonds is 4. The Bertz CT molecular complexity index is 420. The number of carbonyl (C=O) groups is 3. The molecule has 2 atom stereocenters. The van der Waals surface area contributed by atoms with E-state index in [9.17, 15) is 14.4 Å². The molecule has 7 heteroatoms. The molecule has 0 N–H and O–H groups in total. The average Bonchev–Trinajstić information content (AvgIpc) is 2.36. The predicted octanol–water partition coefficient (Wildman–Crippen LogP) is 1.88. The first-order valence-corrected chi connectivity index (χ1v) is 7.55. The third kappa shape index (κ3) is 5.54. The molecule has 7 nitrogen and oxygen atoms in total. The van der Waals surface area contributed by atoms with Crippen LogP contribution in [0.5, 0.6) is 0 Å². The maximum Gasteiger partial charge on any atom is 0.410 e. The SMILES string of the molecule is CC(=O)O[C@@H]1CC[C@@H](C(=O)OC(C)C)N(C(=O)OC(C)C)C1. The van der Waals surface area contributed by atoms with Gasteiger partial charge in [0.05, 0.1) is 18.8 Å². The van der Waals surface area contributed by atoms with Crippen LogP contribution in [0.15, 0.2) is 0 Å². The molecule has 1 aliphatic heterocycles. The molecule has 22 heavy (non-hydrogen) atoms. The van der Waals surface area contributed by atoms with Gasteiger partial charge in [-0.25, -0.2) is 9.59 Å². The van der Waals surface area contributed by atoms with Crippen LogP contribution >= 0.6 is 0 Å². The summed E-state index contributed by atoms with van der Waals surface area (Å²) in [5, 5.41) is 0. The molecule has 0 aliphatic carbocycles. The number of esters is 2. The van der Waals surface area contributed by atoms with E-state index < -0.39 is 30.2 Å². The Morgan fingerprint density at radius 2 is 1.59 bits per heavy atom. The van der Waals surface area contributed by atoms with Crippen LogP contribution in [-0.2, 0) is 23.8 Å². The van der Waals surface area contributed by atoms with Crippen LogP contribution in [0.25, 0.3) is 0 Å². The molecule has 0 aromatic heterocycles. The van der Waals surface area contributed by atoms with Crippen molar-refractivity contribution >= 4 is 18.0 Å².